The summed E-state index contributed by atoms with van der Waals surface area (Å²) in [5.41, 5.74) is 2.72. The van der Waals surface area contributed by atoms with Crippen molar-refractivity contribution >= 4 is 17.6 Å². The Labute approximate surface area is 180 Å². The fraction of sp³-hybridized carbons (Fsp3) is 0.0800. The molecule has 0 fully saturated rings. The Morgan fingerprint density at radius 3 is 2.06 bits per heavy atom. The minimum Gasteiger partial charge on any atom is -0.462 e. The number of esters is 1. The van der Waals surface area contributed by atoms with Crippen LogP contribution in [0.15, 0.2) is 91.0 Å². The third-order valence-electron chi connectivity index (χ3n) is 4.66. The molecule has 6 nitrogen and oxygen atoms in total. The number of carbonyl (C=O) groups is 2. The van der Waals surface area contributed by atoms with Crippen LogP contribution in [0.1, 0.15) is 27.8 Å². The molecule has 1 aromatic heterocycles. The maximum Gasteiger partial charge on any atom is 0.342 e. The monoisotopic (exact) mass is 411 g/mol. The number of nitrogens with zero attached hydrogens (tertiary/aromatic N) is 2. The van der Waals surface area contributed by atoms with Crippen molar-refractivity contribution in [3.05, 3.63) is 102 Å². The van der Waals surface area contributed by atoms with Crippen molar-refractivity contribution in [3.8, 4) is 16.9 Å². The predicted octanol–water partition coefficient (Wildman–Crippen LogP) is 4.97. The molecule has 31 heavy (non-hydrogen) atoms. The number of aromatic nitrogens is 2. The van der Waals surface area contributed by atoms with Crippen molar-refractivity contribution in [2.45, 2.75) is 6.92 Å². The van der Waals surface area contributed by atoms with E-state index in [9.17, 15) is 9.59 Å². The van der Waals surface area contributed by atoms with Crippen LogP contribution in [0.3, 0.4) is 0 Å². The number of ether oxygens (including phenoxy) is 1. The van der Waals surface area contributed by atoms with Gasteiger partial charge in [0.15, 0.2) is 5.69 Å². The highest BCUT2D eigenvalue weighted by Crippen LogP contribution is 2.30. The molecule has 0 bridgehead atoms. The van der Waals surface area contributed by atoms with Crippen LogP contribution in [0, 0.1) is 0 Å². The van der Waals surface area contributed by atoms with Crippen LogP contribution in [-0.2, 0) is 4.74 Å². The number of carbonyl (C=O) groups excluding carboxylic acids is 2. The maximum atomic E-state index is 13.2. The van der Waals surface area contributed by atoms with Gasteiger partial charge in [-0.2, -0.15) is 5.10 Å². The lowest BCUT2D eigenvalue weighted by Gasteiger charge is -2.10. The standard InChI is InChI=1S/C25H21N3O3/c1-2-31-25(30)21-22(24(29)26-19-14-8-4-9-15-19)27-28(20-16-10-5-11-17-20)23(21)18-12-6-3-7-13-18/h3-17H,2H2,1H3,(H,26,29). The largest absolute Gasteiger partial charge is 0.462 e. The molecule has 0 aliphatic rings. The molecule has 0 aliphatic heterocycles. The van der Waals surface area contributed by atoms with Gasteiger partial charge in [-0.1, -0.05) is 66.7 Å². The van der Waals surface area contributed by atoms with Gasteiger partial charge in [-0.05, 0) is 31.2 Å². The van der Waals surface area contributed by atoms with Crippen LogP contribution in [0.5, 0.6) is 0 Å². The van der Waals surface area contributed by atoms with Gasteiger partial charge >= 0.3 is 5.97 Å². The summed E-state index contributed by atoms with van der Waals surface area (Å²) in [7, 11) is 0. The van der Waals surface area contributed by atoms with Crippen molar-refractivity contribution in [2.24, 2.45) is 0 Å². The minimum absolute atomic E-state index is 0.00464. The Balaban J connectivity index is 1.92. The van der Waals surface area contributed by atoms with Gasteiger partial charge in [-0.15, -0.1) is 0 Å². The van der Waals surface area contributed by atoms with E-state index < -0.39 is 11.9 Å². The zero-order chi connectivity index (χ0) is 21.6. The highest BCUT2D eigenvalue weighted by molar-refractivity contribution is 6.12. The van der Waals surface area contributed by atoms with E-state index in [0.717, 1.165) is 11.3 Å². The quantitative estimate of drug-likeness (QED) is 0.455. The SMILES string of the molecule is CCOC(=O)c1c(C(=O)Nc2ccccc2)nn(-c2ccccc2)c1-c1ccccc1. The third-order valence-corrected chi connectivity index (χ3v) is 4.66. The highest BCUT2D eigenvalue weighted by Gasteiger charge is 2.30. The number of rotatable bonds is 6. The van der Waals surface area contributed by atoms with Gasteiger partial charge in [-0.3, -0.25) is 4.79 Å². The zero-order valence-electron chi connectivity index (χ0n) is 17.0. The van der Waals surface area contributed by atoms with Crippen molar-refractivity contribution in [2.75, 3.05) is 11.9 Å². The normalized spacial score (nSPS) is 10.5. The lowest BCUT2D eigenvalue weighted by molar-refractivity contribution is 0.0524. The van der Waals surface area contributed by atoms with Crippen LogP contribution in [-0.4, -0.2) is 28.3 Å². The van der Waals surface area contributed by atoms with Crippen molar-refractivity contribution in [3.63, 3.8) is 0 Å². The number of para-hydroxylation sites is 2. The van der Waals surface area contributed by atoms with E-state index in [0.29, 0.717) is 11.4 Å². The lowest BCUT2D eigenvalue weighted by atomic mass is 10.0. The Morgan fingerprint density at radius 1 is 0.871 bits per heavy atom. The summed E-state index contributed by atoms with van der Waals surface area (Å²) in [6.07, 6.45) is 0. The molecule has 4 rings (SSSR count). The first-order valence-electron chi connectivity index (χ1n) is 9.96. The second kappa shape index (κ2) is 9.09. The molecule has 0 saturated heterocycles. The molecule has 4 aromatic rings. The molecule has 1 heterocycles. The van der Waals surface area contributed by atoms with Crippen molar-refractivity contribution < 1.29 is 14.3 Å². The van der Waals surface area contributed by atoms with Gasteiger partial charge in [0, 0.05) is 11.3 Å². The highest BCUT2D eigenvalue weighted by atomic mass is 16.5. The van der Waals surface area contributed by atoms with E-state index in [1.807, 2.05) is 78.9 Å². The van der Waals surface area contributed by atoms with Crippen LogP contribution >= 0.6 is 0 Å². The minimum atomic E-state index is -0.596. The average Bonchev–Trinajstić information content (AvgIpc) is 3.22. The van der Waals surface area contributed by atoms with Crippen LogP contribution < -0.4 is 5.32 Å². The van der Waals surface area contributed by atoms with E-state index in [1.165, 1.54) is 0 Å². The number of anilines is 1. The van der Waals surface area contributed by atoms with Gasteiger partial charge in [0.25, 0.3) is 5.91 Å². The number of amides is 1. The second-order valence-corrected chi connectivity index (χ2v) is 6.73. The van der Waals surface area contributed by atoms with E-state index in [-0.39, 0.29) is 17.9 Å². The molecule has 0 saturated carbocycles. The second-order valence-electron chi connectivity index (χ2n) is 6.73. The first-order chi connectivity index (χ1) is 15.2. The average molecular weight is 411 g/mol. The molecule has 0 radical (unpaired) electrons. The fourth-order valence-corrected chi connectivity index (χ4v) is 3.30. The molecule has 1 amide bonds. The molecule has 3 aromatic carbocycles. The van der Waals surface area contributed by atoms with E-state index in [4.69, 9.17) is 4.74 Å². The van der Waals surface area contributed by atoms with Crippen LogP contribution in [0.4, 0.5) is 5.69 Å². The summed E-state index contributed by atoms with van der Waals surface area (Å²) < 4.78 is 6.92. The summed E-state index contributed by atoms with van der Waals surface area (Å²) >= 11 is 0. The Kier molecular flexibility index (Phi) is 5.89. The number of nitrogens with one attached hydrogen (secondary N) is 1. The van der Waals surface area contributed by atoms with E-state index in [1.54, 1.807) is 23.7 Å². The smallest absolute Gasteiger partial charge is 0.342 e. The number of hydrogen-bond acceptors (Lipinski definition) is 4. The molecule has 1 N–H and O–H groups in total. The summed E-state index contributed by atoms with van der Waals surface area (Å²) in [5.74, 6) is -1.08. The summed E-state index contributed by atoms with van der Waals surface area (Å²) in [4.78, 5) is 26.2. The topological polar surface area (TPSA) is 73.2 Å². The Bertz CT molecular complexity index is 1190. The molecular weight excluding hydrogens is 390 g/mol. The maximum absolute atomic E-state index is 13.2. The first-order valence-corrected chi connectivity index (χ1v) is 9.96. The summed E-state index contributed by atoms with van der Waals surface area (Å²) in [5, 5.41) is 7.38. The van der Waals surface area contributed by atoms with Gasteiger partial charge in [0.1, 0.15) is 5.56 Å². The van der Waals surface area contributed by atoms with Gasteiger partial charge in [0.05, 0.1) is 18.0 Å². The summed E-state index contributed by atoms with van der Waals surface area (Å²) in [6, 6.07) is 27.8. The number of hydrogen-bond donors (Lipinski definition) is 1. The molecule has 6 heteroatoms. The fourth-order valence-electron chi connectivity index (χ4n) is 3.30. The van der Waals surface area contributed by atoms with Crippen LogP contribution in [0.2, 0.25) is 0 Å². The van der Waals surface area contributed by atoms with E-state index in [2.05, 4.69) is 10.4 Å². The molecule has 0 spiro atoms. The summed E-state index contributed by atoms with van der Waals surface area (Å²) in [6.45, 7) is 1.91. The molecule has 0 aliphatic carbocycles. The van der Waals surface area contributed by atoms with E-state index >= 15 is 0 Å². The van der Waals surface area contributed by atoms with Gasteiger partial charge in [0.2, 0.25) is 0 Å². The van der Waals surface area contributed by atoms with Gasteiger partial charge < -0.3 is 10.1 Å². The Morgan fingerprint density at radius 2 is 1.45 bits per heavy atom. The van der Waals surface area contributed by atoms with Crippen LogP contribution in [0.25, 0.3) is 16.9 Å². The Hall–Kier alpha value is -4.19. The molecule has 0 atom stereocenters. The van der Waals surface area contributed by atoms with Crippen molar-refractivity contribution in [1.82, 2.24) is 9.78 Å². The first kappa shape index (κ1) is 20.1. The lowest BCUT2D eigenvalue weighted by Crippen LogP contribution is -2.17. The van der Waals surface area contributed by atoms with Gasteiger partial charge in [-0.25, -0.2) is 9.48 Å². The molecule has 154 valence electrons. The number of benzene rings is 3. The predicted molar refractivity (Wildman–Crippen MR) is 119 cm³/mol. The molecule has 0 unspecified atom stereocenters. The molecular formula is C25H21N3O3. The zero-order valence-corrected chi connectivity index (χ0v) is 17.0. The van der Waals surface area contributed by atoms with Crippen molar-refractivity contribution in [1.29, 1.82) is 0 Å². The third kappa shape index (κ3) is 4.23.